The molecular weight excluding hydrogens is 244 g/mol. The van der Waals surface area contributed by atoms with Crippen LogP contribution >= 0.6 is 11.3 Å². The summed E-state index contributed by atoms with van der Waals surface area (Å²) in [7, 11) is 0. The quantitative estimate of drug-likeness (QED) is 0.751. The summed E-state index contributed by atoms with van der Waals surface area (Å²) in [6, 6.07) is 2.07. The van der Waals surface area contributed by atoms with Gasteiger partial charge in [-0.1, -0.05) is 19.8 Å². The number of hydrogen-bond acceptors (Lipinski definition) is 3. The number of aryl methyl sites for hydroxylation is 1. The fourth-order valence-corrected chi connectivity index (χ4v) is 3.78. The molecule has 0 bridgehead atoms. The smallest absolute Gasteiger partial charge is 0.348 e. The Morgan fingerprint density at radius 1 is 1.39 bits per heavy atom. The van der Waals surface area contributed by atoms with E-state index in [0.717, 1.165) is 10.8 Å². The Morgan fingerprint density at radius 2 is 2.06 bits per heavy atom. The average Bonchev–Trinajstić information content (AvgIpc) is 2.73. The van der Waals surface area contributed by atoms with Crippen molar-refractivity contribution in [2.24, 2.45) is 5.92 Å². The average molecular weight is 266 g/mol. The maximum atomic E-state index is 11.7. The van der Waals surface area contributed by atoms with E-state index in [4.69, 9.17) is 4.74 Å². The Kier molecular flexibility index (Phi) is 4.44. The zero-order valence-electron chi connectivity index (χ0n) is 11.5. The van der Waals surface area contributed by atoms with Gasteiger partial charge in [-0.15, -0.1) is 11.3 Å². The monoisotopic (exact) mass is 266 g/mol. The minimum atomic E-state index is -0.166. The molecule has 1 saturated carbocycles. The van der Waals surface area contributed by atoms with Crippen molar-refractivity contribution < 1.29 is 9.53 Å². The van der Waals surface area contributed by atoms with Crippen molar-refractivity contribution in [3.8, 4) is 0 Å². The number of ether oxygens (including phenoxy) is 1. The topological polar surface area (TPSA) is 26.3 Å². The summed E-state index contributed by atoms with van der Waals surface area (Å²) in [5, 5.41) is 0. The summed E-state index contributed by atoms with van der Waals surface area (Å²) < 4.78 is 5.07. The van der Waals surface area contributed by atoms with Crippen LogP contribution in [0.3, 0.4) is 0 Å². The van der Waals surface area contributed by atoms with Crippen molar-refractivity contribution in [2.45, 2.75) is 52.4 Å². The van der Waals surface area contributed by atoms with E-state index in [2.05, 4.69) is 19.9 Å². The molecule has 100 valence electrons. The van der Waals surface area contributed by atoms with Gasteiger partial charge in [-0.25, -0.2) is 4.79 Å². The SMILES string of the molecule is CCOC(=O)c1cc(C2CCC(C)CC2)c(C)s1. The van der Waals surface area contributed by atoms with E-state index in [9.17, 15) is 4.79 Å². The number of carbonyl (C=O) groups is 1. The Morgan fingerprint density at radius 3 is 2.67 bits per heavy atom. The van der Waals surface area contributed by atoms with E-state index < -0.39 is 0 Å². The molecule has 1 aliphatic rings. The third-order valence-electron chi connectivity index (χ3n) is 3.89. The Labute approximate surface area is 113 Å². The summed E-state index contributed by atoms with van der Waals surface area (Å²) in [6.07, 6.45) is 5.16. The van der Waals surface area contributed by atoms with Crippen LogP contribution in [0.4, 0.5) is 0 Å². The van der Waals surface area contributed by atoms with Crippen LogP contribution in [0.2, 0.25) is 0 Å². The molecule has 0 amide bonds. The van der Waals surface area contributed by atoms with Crippen molar-refractivity contribution in [1.82, 2.24) is 0 Å². The maximum Gasteiger partial charge on any atom is 0.348 e. The van der Waals surface area contributed by atoms with Gasteiger partial charge in [-0.2, -0.15) is 0 Å². The first kappa shape index (κ1) is 13.6. The van der Waals surface area contributed by atoms with Crippen molar-refractivity contribution in [2.75, 3.05) is 6.61 Å². The zero-order chi connectivity index (χ0) is 13.1. The summed E-state index contributed by atoms with van der Waals surface area (Å²) in [4.78, 5) is 13.8. The van der Waals surface area contributed by atoms with Crippen LogP contribution in [0.15, 0.2) is 6.07 Å². The number of esters is 1. The van der Waals surface area contributed by atoms with E-state index in [-0.39, 0.29) is 5.97 Å². The molecule has 0 radical (unpaired) electrons. The molecule has 1 fully saturated rings. The molecule has 2 rings (SSSR count). The fourth-order valence-electron chi connectivity index (χ4n) is 2.78. The second-order valence-corrected chi connectivity index (χ2v) is 6.56. The van der Waals surface area contributed by atoms with Gasteiger partial charge in [0.25, 0.3) is 0 Å². The first-order chi connectivity index (χ1) is 8.61. The number of thiophene rings is 1. The van der Waals surface area contributed by atoms with E-state index in [1.165, 1.54) is 36.1 Å². The van der Waals surface area contributed by atoms with Crippen molar-refractivity contribution in [3.63, 3.8) is 0 Å². The van der Waals surface area contributed by atoms with Gasteiger partial charge in [-0.05, 0) is 50.2 Å². The molecule has 0 atom stereocenters. The van der Waals surface area contributed by atoms with E-state index in [1.807, 2.05) is 6.92 Å². The van der Waals surface area contributed by atoms with Gasteiger partial charge in [0, 0.05) is 4.88 Å². The van der Waals surface area contributed by atoms with Crippen LogP contribution in [-0.2, 0) is 4.74 Å². The number of rotatable bonds is 3. The fraction of sp³-hybridized carbons (Fsp3) is 0.667. The van der Waals surface area contributed by atoms with Gasteiger partial charge in [0.1, 0.15) is 4.88 Å². The van der Waals surface area contributed by atoms with Gasteiger partial charge in [0.15, 0.2) is 0 Å². The largest absolute Gasteiger partial charge is 0.462 e. The summed E-state index contributed by atoms with van der Waals surface area (Å²) in [5.41, 5.74) is 1.38. The lowest BCUT2D eigenvalue weighted by atomic mass is 9.79. The Bertz CT molecular complexity index is 414. The van der Waals surface area contributed by atoms with Gasteiger partial charge in [0.05, 0.1) is 6.61 Å². The van der Waals surface area contributed by atoms with E-state index in [1.54, 1.807) is 11.3 Å². The standard InChI is InChI=1S/C15H22O2S/c1-4-17-15(16)14-9-13(11(3)18-14)12-7-5-10(2)6-8-12/h9-10,12H,4-8H2,1-3H3. The van der Waals surface area contributed by atoms with Crippen LogP contribution in [0.5, 0.6) is 0 Å². The first-order valence-corrected chi connectivity index (χ1v) is 7.71. The lowest BCUT2D eigenvalue weighted by Gasteiger charge is -2.26. The van der Waals surface area contributed by atoms with Crippen molar-refractivity contribution in [1.29, 1.82) is 0 Å². The molecule has 1 heterocycles. The van der Waals surface area contributed by atoms with Crippen molar-refractivity contribution in [3.05, 3.63) is 21.4 Å². The van der Waals surface area contributed by atoms with Crippen LogP contribution in [0.25, 0.3) is 0 Å². The third-order valence-corrected chi connectivity index (χ3v) is 4.93. The minimum Gasteiger partial charge on any atom is -0.462 e. The van der Waals surface area contributed by atoms with Gasteiger partial charge in [0.2, 0.25) is 0 Å². The highest BCUT2D eigenvalue weighted by atomic mass is 32.1. The molecule has 18 heavy (non-hydrogen) atoms. The van der Waals surface area contributed by atoms with Gasteiger partial charge in [-0.3, -0.25) is 0 Å². The predicted molar refractivity (Wildman–Crippen MR) is 75.4 cm³/mol. The Balaban J connectivity index is 2.11. The number of carbonyl (C=O) groups excluding carboxylic acids is 1. The van der Waals surface area contributed by atoms with E-state index in [0.29, 0.717) is 12.5 Å². The molecule has 0 aromatic carbocycles. The molecule has 0 saturated heterocycles. The molecule has 0 unspecified atom stereocenters. The molecule has 3 heteroatoms. The lowest BCUT2D eigenvalue weighted by Crippen LogP contribution is -2.11. The second-order valence-electron chi connectivity index (χ2n) is 5.30. The first-order valence-electron chi connectivity index (χ1n) is 6.89. The molecule has 1 aliphatic carbocycles. The molecule has 0 aliphatic heterocycles. The molecule has 1 aromatic rings. The second kappa shape index (κ2) is 5.87. The minimum absolute atomic E-state index is 0.166. The van der Waals surface area contributed by atoms with Crippen LogP contribution in [-0.4, -0.2) is 12.6 Å². The van der Waals surface area contributed by atoms with Crippen LogP contribution in [0, 0.1) is 12.8 Å². The molecule has 1 aromatic heterocycles. The summed E-state index contributed by atoms with van der Waals surface area (Å²) >= 11 is 1.58. The lowest BCUT2D eigenvalue weighted by molar-refractivity contribution is 0.0532. The van der Waals surface area contributed by atoms with Gasteiger partial charge < -0.3 is 4.74 Å². The highest BCUT2D eigenvalue weighted by Gasteiger charge is 2.24. The van der Waals surface area contributed by atoms with Crippen molar-refractivity contribution >= 4 is 17.3 Å². The molecule has 2 nitrogen and oxygen atoms in total. The highest BCUT2D eigenvalue weighted by Crippen LogP contribution is 2.39. The molecule has 0 spiro atoms. The number of hydrogen-bond donors (Lipinski definition) is 0. The normalized spacial score (nSPS) is 23.9. The van der Waals surface area contributed by atoms with Crippen LogP contribution in [0.1, 0.15) is 65.6 Å². The van der Waals surface area contributed by atoms with Crippen LogP contribution < -0.4 is 0 Å². The highest BCUT2D eigenvalue weighted by molar-refractivity contribution is 7.14. The molecule has 0 N–H and O–H groups in total. The van der Waals surface area contributed by atoms with E-state index >= 15 is 0 Å². The summed E-state index contributed by atoms with van der Waals surface area (Å²) in [5.74, 6) is 1.35. The molecular formula is C15H22O2S. The zero-order valence-corrected chi connectivity index (χ0v) is 12.3. The Hall–Kier alpha value is -0.830. The summed E-state index contributed by atoms with van der Waals surface area (Å²) in [6.45, 7) is 6.76. The van der Waals surface area contributed by atoms with Gasteiger partial charge >= 0.3 is 5.97 Å². The third kappa shape index (κ3) is 2.94. The predicted octanol–water partition coefficient (Wildman–Crippen LogP) is 4.53. The maximum absolute atomic E-state index is 11.7.